The van der Waals surface area contributed by atoms with Gasteiger partial charge >= 0.3 is 0 Å². The predicted octanol–water partition coefficient (Wildman–Crippen LogP) is 3.79. The Hall–Kier alpha value is -3.22. The molecule has 2 aromatic carbocycles. The van der Waals surface area contributed by atoms with Gasteiger partial charge in [0.2, 0.25) is 0 Å². The standard InChI is InChI=1S/C24H25N5O/c1-16-23-19(15-29-12-11-25-14-22(29)18-5-3-2-4-6-18)13-21(26-24(23)28-27-16)17-7-9-20(30)10-8-17/h2-10,13,22,25,30H,11-12,14-15H2,1H3,(H,26,27,28). The average Bonchev–Trinajstić information content (AvgIpc) is 3.16. The number of benzene rings is 2. The molecule has 6 nitrogen and oxygen atoms in total. The summed E-state index contributed by atoms with van der Waals surface area (Å²) in [4.78, 5) is 7.31. The van der Waals surface area contributed by atoms with Crippen molar-refractivity contribution in [1.82, 2.24) is 25.4 Å². The highest BCUT2D eigenvalue weighted by Crippen LogP contribution is 2.30. The maximum atomic E-state index is 9.64. The van der Waals surface area contributed by atoms with Crippen LogP contribution in [0, 0.1) is 6.92 Å². The number of pyridine rings is 1. The molecule has 30 heavy (non-hydrogen) atoms. The van der Waals surface area contributed by atoms with Gasteiger partial charge in [0.1, 0.15) is 5.75 Å². The van der Waals surface area contributed by atoms with E-state index in [4.69, 9.17) is 4.98 Å². The maximum Gasteiger partial charge on any atom is 0.182 e. The Balaban J connectivity index is 1.55. The van der Waals surface area contributed by atoms with Crippen LogP contribution in [0.3, 0.4) is 0 Å². The van der Waals surface area contributed by atoms with Crippen molar-refractivity contribution in [2.24, 2.45) is 0 Å². The monoisotopic (exact) mass is 399 g/mol. The average molecular weight is 399 g/mol. The van der Waals surface area contributed by atoms with E-state index in [9.17, 15) is 5.11 Å². The van der Waals surface area contributed by atoms with E-state index in [2.05, 4.69) is 56.8 Å². The van der Waals surface area contributed by atoms with Crippen LogP contribution in [0.25, 0.3) is 22.3 Å². The lowest BCUT2D eigenvalue weighted by Crippen LogP contribution is -2.45. The number of aromatic amines is 1. The number of hydrogen-bond acceptors (Lipinski definition) is 5. The highest BCUT2D eigenvalue weighted by Gasteiger charge is 2.25. The van der Waals surface area contributed by atoms with Crippen LogP contribution in [0.15, 0.2) is 60.7 Å². The van der Waals surface area contributed by atoms with E-state index in [-0.39, 0.29) is 5.75 Å². The van der Waals surface area contributed by atoms with Crippen molar-refractivity contribution in [1.29, 1.82) is 0 Å². The summed E-state index contributed by atoms with van der Waals surface area (Å²) in [7, 11) is 0. The van der Waals surface area contributed by atoms with Crippen molar-refractivity contribution >= 4 is 11.0 Å². The largest absolute Gasteiger partial charge is 0.508 e. The van der Waals surface area contributed by atoms with Crippen molar-refractivity contribution in [3.05, 3.63) is 77.5 Å². The number of phenols is 1. The zero-order chi connectivity index (χ0) is 20.5. The molecule has 0 spiro atoms. The Kier molecular flexibility index (Phi) is 4.94. The van der Waals surface area contributed by atoms with Crippen molar-refractivity contribution < 1.29 is 5.11 Å². The second kappa shape index (κ2) is 7.89. The van der Waals surface area contributed by atoms with Crippen LogP contribution in [0.4, 0.5) is 0 Å². The Morgan fingerprint density at radius 1 is 1.10 bits per heavy atom. The SMILES string of the molecule is Cc1[nH]nc2nc(-c3ccc(O)cc3)cc(CN3CCNCC3c3ccccc3)c12. The Morgan fingerprint density at radius 3 is 2.70 bits per heavy atom. The summed E-state index contributed by atoms with van der Waals surface area (Å²) >= 11 is 0. The van der Waals surface area contributed by atoms with Gasteiger partial charge in [0.15, 0.2) is 5.65 Å². The molecule has 6 heteroatoms. The molecule has 3 heterocycles. The van der Waals surface area contributed by atoms with Gasteiger partial charge in [-0.1, -0.05) is 30.3 Å². The molecular weight excluding hydrogens is 374 g/mol. The van der Waals surface area contributed by atoms with Crippen molar-refractivity contribution in [3.8, 4) is 17.0 Å². The first-order chi connectivity index (χ1) is 14.7. The van der Waals surface area contributed by atoms with Crippen LogP contribution >= 0.6 is 0 Å². The number of rotatable bonds is 4. The summed E-state index contributed by atoms with van der Waals surface area (Å²) in [5.74, 6) is 0.252. The minimum Gasteiger partial charge on any atom is -0.508 e. The second-order valence-corrected chi connectivity index (χ2v) is 7.86. The van der Waals surface area contributed by atoms with Crippen LogP contribution in [-0.2, 0) is 6.54 Å². The third-order valence-corrected chi connectivity index (χ3v) is 5.86. The Bertz CT molecular complexity index is 1150. The first-order valence-corrected chi connectivity index (χ1v) is 10.3. The van der Waals surface area contributed by atoms with Crippen molar-refractivity contribution in [2.45, 2.75) is 19.5 Å². The smallest absolute Gasteiger partial charge is 0.182 e. The van der Waals surface area contributed by atoms with Crippen LogP contribution < -0.4 is 5.32 Å². The van der Waals surface area contributed by atoms with Gasteiger partial charge in [0.25, 0.3) is 0 Å². The fraction of sp³-hybridized carbons (Fsp3) is 0.250. The molecule has 1 fully saturated rings. The van der Waals surface area contributed by atoms with Crippen LogP contribution in [0.2, 0.25) is 0 Å². The van der Waals surface area contributed by atoms with E-state index in [1.807, 2.05) is 19.1 Å². The van der Waals surface area contributed by atoms with Crippen molar-refractivity contribution in [2.75, 3.05) is 19.6 Å². The first-order valence-electron chi connectivity index (χ1n) is 10.3. The summed E-state index contributed by atoms with van der Waals surface area (Å²) in [6, 6.07) is 20.4. The number of aryl methyl sites for hydroxylation is 1. The summed E-state index contributed by atoms with van der Waals surface area (Å²) in [5, 5.41) is 21.8. The van der Waals surface area contributed by atoms with E-state index in [1.54, 1.807) is 12.1 Å². The third kappa shape index (κ3) is 3.56. The van der Waals surface area contributed by atoms with E-state index in [1.165, 1.54) is 11.1 Å². The van der Waals surface area contributed by atoms with E-state index in [0.29, 0.717) is 6.04 Å². The molecule has 3 N–H and O–H groups in total. The van der Waals surface area contributed by atoms with E-state index >= 15 is 0 Å². The molecule has 0 aliphatic carbocycles. The lowest BCUT2D eigenvalue weighted by molar-refractivity contribution is 0.154. The van der Waals surface area contributed by atoms with Gasteiger partial charge in [-0.05, 0) is 48.4 Å². The molecule has 1 atom stereocenters. The van der Waals surface area contributed by atoms with Gasteiger partial charge < -0.3 is 10.4 Å². The Labute approximate surface area is 175 Å². The molecule has 1 saturated heterocycles. The quantitative estimate of drug-likeness (QED) is 0.487. The number of phenolic OH excluding ortho intramolecular Hbond substituents is 1. The fourth-order valence-corrected chi connectivity index (χ4v) is 4.33. The molecule has 1 aliphatic rings. The molecule has 1 aliphatic heterocycles. The highest BCUT2D eigenvalue weighted by molar-refractivity contribution is 5.84. The van der Waals surface area contributed by atoms with E-state index < -0.39 is 0 Å². The zero-order valence-corrected chi connectivity index (χ0v) is 17.0. The van der Waals surface area contributed by atoms with Crippen LogP contribution in [0.1, 0.15) is 22.9 Å². The summed E-state index contributed by atoms with van der Waals surface area (Å²) < 4.78 is 0. The number of hydrogen-bond donors (Lipinski definition) is 3. The van der Waals surface area contributed by atoms with Gasteiger partial charge in [-0.2, -0.15) is 5.10 Å². The van der Waals surface area contributed by atoms with Gasteiger partial charge in [-0.3, -0.25) is 10.00 Å². The number of piperazine rings is 1. The van der Waals surface area contributed by atoms with Crippen LogP contribution in [0.5, 0.6) is 5.75 Å². The molecule has 1 unspecified atom stereocenters. The van der Waals surface area contributed by atoms with E-state index in [0.717, 1.165) is 54.2 Å². The number of nitrogens with zero attached hydrogens (tertiary/aromatic N) is 3. The van der Waals surface area contributed by atoms with Gasteiger partial charge in [-0.25, -0.2) is 4.98 Å². The molecule has 0 amide bonds. The third-order valence-electron chi connectivity index (χ3n) is 5.86. The molecule has 0 radical (unpaired) electrons. The molecular formula is C24H25N5O. The molecule has 4 aromatic rings. The van der Waals surface area contributed by atoms with Gasteiger partial charge in [0.05, 0.1) is 5.69 Å². The maximum absolute atomic E-state index is 9.64. The zero-order valence-electron chi connectivity index (χ0n) is 17.0. The van der Waals surface area contributed by atoms with Crippen molar-refractivity contribution in [3.63, 3.8) is 0 Å². The number of fused-ring (bicyclic) bond motifs is 1. The first kappa shape index (κ1) is 18.8. The van der Waals surface area contributed by atoms with Gasteiger partial charge in [0, 0.05) is 48.9 Å². The number of aromatic hydroxyl groups is 1. The minimum absolute atomic E-state index is 0.252. The predicted molar refractivity (Wildman–Crippen MR) is 118 cm³/mol. The van der Waals surface area contributed by atoms with Crippen LogP contribution in [-0.4, -0.2) is 44.8 Å². The summed E-state index contributed by atoms with van der Waals surface area (Å²) in [6.07, 6.45) is 0. The summed E-state index contributed by atoms with van der Waals surface area (Å²) in [6.45, 7) is 5.77. The molecule has 0 saturated carbocycles. The molecule has 5 rings (SSSR count). The minimum atomic E-state index is 0.252. The lowest BCUT2D eigenvalue weighted by atomic mass is 10.0. The normalized spacial score (nSPS) is 17.4. The fourth-order valence-electron chi connectivity index (χ4n) is 4.33. The topological polar surface area (TPSA) is 77.1 Å². The number of aromatic nitrogens is 3. The molecule has 2 aromatic heterocycles. The van der Waals surface area contributed by atoms with Gasteiger partial charge in [-0.15, -0.1) is 0 Å². The summed E-state index contributed by atoms with van der Waals surface area (Å²) in [5.41, 5.74) is 6.16. The number of H-pyrrole nitrogens is 1. The highest BCUT2D eigenvalue weighted by atomic mass is 16.3. The second-order valence-electron chi connectivity index (χ2n) is 7.86. The number of nitrogens with one attached hydrogen (secondary N) is 2. The Morgan fingerprint density at radius 2 is 1.90 bits per heavy atom. The lowest BCUT2D eigenvalue weighted by Gasteiger charge is -2.36. The molecule has 0 bridgehead atoms. The molecule has 152 valence electrons.